The van der Waals surface area contributed by atoms with Gasteiger partial charge in [-0.3, -0.25) is 9.48 Å². The van der Waals surface area contributed by atoms with E-state index in [0.29, 0.717) is 6.42 Å². The van der Waals surface area contributed by atoms with E-state index in [2.05, 4.69) is 5.10 Å². The van der Waals surface area contributed by atoms with Crippen LogP contribution in [0.4, 0.5) is 0 Å². The summed E-state index contributed by atoms with van der Waals surface area (Å²) in [4.78, 5) is 13.8. The summed E-state index contributed by atoms with van der Waals surface area (Å²) in [7, 11) is 1.90. The van der Waals surface area contributed by atoms with E-state index in [1.165, 1.54) is 0 Å². The first kappa shape index (κ1) is 12.1. The van der Waals surface area contributed by atoms with Crippen molar-refractivity contribution in [1.29, 1.82) is 0 Å². The van der Waals surface area contributed by atoms with E-state index in [1.807, 2.05) is 43.6 Å². The van der Waals surface area contributed by atoms with Crippen molar-refractivity contribution in [3.63, 3.8) is 0 Å². The van der Waals surface area contributed by atoms with Crippen LogP contribution in [-0.2, 0) is 11.8 Å². The number of aryl methyl sites for hydroxylation is 1. The Hall–Kier alpha value is -1.36. The van der Waals surface area contributed by atoms with Gasteiger partial charge in [-0.05, 0) is 20.8 Å². The third kappa shape index (κ3) is 1.84. The van der Waals surface area contributed by atoms with Crippen molar-refractivity contribution in [3.8, 4) is 0 Å². The lowest BCUT2D eigenvalue weighted by Gasteiger charge is -2.30. The molecule has 1 aromatic rings. The number of nitrogens with zero attached hydrogens (tertiary/aromatic N) is 3. The predicted octanol–water partition coefficient (Wildman–Crippen LogP) is 0.738. The van der Waals surface area contributed by atoms with Crippen LogP contribution in [0.3, 0.4) is 0 Å². The number of likely N-dealkylation sites (tertiary alicyclic amines) is 1. The lowest BCUT2D eigenvalue weighted by molar-refractivity contribution is -0.130. The van der Waals surface area contributed by atoms with E-state index in [-0.39, 0.29) is 24.0 Å². The normalized spacial score (nSPS) is 25.1. The molecule has 2 heterocycles. The van der Waals surface area contributed by atoms with E-state index in [9.17, 15) is 4.79 Å². The molecule has 2 unspecified atom stereocenters. The zero-order valence-electron chi connectivity index (χ0n) is 10.8. The van der Waals surface area contributed by atoms with Crippen LogP contribution in [0.15, 0.2) is 6.20 Å². The van der Waals surface area contributed by atoms with Crippen molar-refractivity contribution in [2.45, 2.75) is 45.3 Å². The molecule has 0 aliphatic carbocycles. The first-order valence-electron chi connectivity index (χ1n) is 5.98. The Balaban J connectivity index is 2.42. The Morgan fingerprint density at radius 2 is 2.18 bits per heavy atom. The van der Waals surface area contributed by atoms with Gasteiger partial charge in [0, 0.05) is 36.8 Å². The van der Waals surface area contributed by atoms with Crippen molar-refractivity contribution >= 4 is 5.91 Å². The minimum Gasteiger partial charge on any atom is -0.331 e. The molecule has 2 rings (SSSR count). The topological polar surface area (TPSA) is 64.2 Å². The molecular weight excluding hydrogens is 216 g/mol. The van der Waals surface area contributed by atoms with Crippen LogP contribution in [0.25, 0.3) is 0 Å². The Morgan fingerprint density at radius 3 is 2.65 bits per heavy atom. The molecule has 1 saturated heterocycles. The fourth-order valence-corrected chi connectivity index (χ4v) is 2.58. The maximum Gasteiger partial charge on any atom is 0.225 e. The van der Waals surface area contributed by atoms with Gasteiger partial charge >= 0.3 is 0 Å². The molecule has 2 atom stereocenters. The molecule has 1 aromatic heterocycles. The van der Waals surface area contributed by atoms with Crippen LogP contribution in [-0.4, -0.2) is 32.7 Å². The van der Waals surface area contributed by atoms with E-state index < -0.39 is 0 Å². The summed E-state index contributed by atoms with van der Waals surface area (Å²) in [6.07, 6.45) is 2.25. The van der Waals surface area contributed by atoms with Crippen molar-refractivity contribution in [2.24, 2.45) is 12.8 Å². The van der Waals surface area contributed by atoms with Crippen molar-refractivity contribution < 1.29 is 4.79 Å². The van der Waals surface area contributed by atoms with Gasteiger partial charge in [-0.25, -0.2) is 0 Å². The van der Waals surface area contributed by atoms with Gasteiger partial charge in [-0.2, -0.15) is 5.10 Å². The molecular formula is C12H20N4O. The van der Waals surface area contributed by atoms with Gasteiger partial charge in [-0.1, -0.05) is 0 Å². The summed E-state index contributed by atoms with van der Waals surface area (Å²) in [6.45, 7) is 6.06. The summed E-state index contributed by atoms with van der Waals surface area (Å²) in [5.74, 6) is 0.140. The largest absolute Gasteiger partial charge is 0.331 e. The average Bonchev–Trinajstić information content (AvgIpc) is 2.69. The second kappa shape index (κ2) is 4.14. The SMILES string of the molecule is Cc1c(C2C(N)CC(=O)N2C(C)C)cnn1C. The number of hydrogen-bond acceptors (Lipinski definition) is 3. The maximum atomic E-state index is 11.9. The fraction of sp³-hybridized carbons (Fsp3) is 0.667. The van der Waals surface area contributed by atoms with Crippen LogP contribution in [0.5, 0.6) is 0 Å². The molecule has 94 valence electrons. The second-order valence-electron chi connectivity index (χ2n) is 5.02. The predicted molar refractivity (Wildman–Crippen MR) is 65.3 cm³/mol. The molecule has 0 aromatic carbocycles. The number of aromatic nitrogens is 2. The summed E-state index contributed by atoms with van der Waals surface area (Å²) in [6, 6.07) is 0.00431. The molecule has 5 nitrogen and oxygen atoms in total. The van der Waals surface area contributed by atoms with Crippen molar-refractivity contribution in [1.82, 2.24) is 14.7 Å². The molecule has 0 saturated carbocycles. The van der Waals surface area contributed by atoms with E-state index in [1.54, 1.807) is 0 Å². The van der Waals surface area contributed by atoms with Crippen LogP contribution in [0.1, 0.15) is 37.6 Å². The summed E-state index contributed by atoms with van der Waals surface area (Å²) in [5.41, 5.74) is 8.25. The number of nitrogens with two attached hydrogens (primary N) is 1. The Bertz CT molecular complexity index is 438. The summed E-state index contributed by atoms with van der Waals surface area (Å²) < 4.78 is 1.82. The molecule has 1 aliphatic heterocycles. The number of carbonyl (C=O) groups excluding carboxylic acids is 1. The van der Waals surface area contributed by atoms with Gasteiger partial charge in [0.05, 0.1) is 12.2 Å². The lowest BCUT2D eigenvalue weighted by atomic mass is 10.0. The first-order valence-corrected chi connectivity index (χ1v) is 5.98. The zero-order valence-corrected chi connectivity index (χ0v) is 10.8. The second-order valence-corrected chi connectivity index (χ2v) is 5.02. The number of hydrogen-bond donors (Lipinski definition) is 1. The summed E-state index contributed by atoms with van der Waals surface area (Å²) >= 11 is 0. The van der Waals surface area contributed by atoms with Gasteiger partial charge in [0.1, 0.15) is 0 Å². The molecule has 0 bridgehead atoms. The first-order chi connectivity index (χ1) is 7.93. The van der Waals surface area contributed by atoms with E-state index in [4.69, 9.17) is 5.73 Å². The van der Waals surface area contributed by atoms with Crippen molar-refractivity contribution in [3.05, 3.63) is 17.5 Å². The maximum absolute atomic E-state index is 11.9. The van der Waals surface area contributed by atoms with E-state index in [0.717, 1.165) is 11.3 Å². The number of rotatable bonds is 2. The lowest BCUT2D eigenvalue weighted by Crippen LogP contribution is -2.37. The molecule has 0 spiro atoms. The molecule has 1 aliphatic rings. The fourth-order valence-electron chi connectivity index (χ4n) is 2.58. The van der Waals surface area contributed by atoms with Crippen LogP contribution in [0.2, 0.25) is 0 Å². The average molecular weight is 236 g/mol. The molecule has 0 radical (unpaired) electrons. The summed E-state index contributed by atoms with van der Waals surface area (Å²) in [5, 5.41) is 4.24. The highest BCUT2D eigenvalue weighted by Crippen LogP contribution is 2.34. The Morgan fingerprint density at radius 1 is 1.53 bits per heavy atom. The third-order valence-corrected chi connectivity index (χ3v) is 3.55. The standard InChI is InChI=1S/C12H20N4O/c1-7(2)16-11(17)5-10(13)12(16)9-6-14-15(4)8(9)3/h6-7,10,12H,5,13H2,1-4H3. The number of carbonyl (C=O) groups is 1. The smallest absolute Gasteiger partial charge is 0.225 e. The highest BCUT2D eigenvalue weighted by molar-refractivity contribution is 5.80. The Labute approximate surface area is 102 Å². The van der Waals surface area contributed by atoms with Gasteiger partial charge in [-0.15, -0.1) is 0 Å². The Kier molecular flexibility index (Phi) is 2.95. The van der Waals surface area contributed by atoms with Crippen molar-refractivity contribution in [2.75, 3.05) is 0 Å². The highest BCUT2D eigenvalue weighted by atomic mass is 16.2. The molecule has 5 heteroatoms. The molecule has 2 N–H and O–H groups in total. The molecule has 17 heavy (non-hydrogen) atoms. The highest BCUT2D eigenvalue weighted by Gasteiger charge is 2.41. The van der Waals surface area contributed by atoms with E-state index >= 15 is 0 Å². The van der Waals surface area contributed by atoms with Gasteiger partial charge in [0.15, 0.2) is 0 Å². The van der Waals surface area contributed by atoms with Gasteiger partial charge < -0.3 is 10.6 Å². The quantitative estimate of drug-likeness (QED) is 0.823. The van der Waals surface area contributed by atoms with Gasteiger partial charge in [0.25, 0.3) is 0 Å². The minimum absolute atomic E-state index is 0.0313. The minimum atomic E-state index is -0.132. The number of amides is 1. The van der Waals surface area contributed by atoms with Crippen LogP contribution < -0.4 is 5.73 Å². The third-order valence-electron chi connectivity index (χ3n) is 3.55. The van der Waals surface area contributed by atoms with Gasteiger partial charge in [0.2, 0.25) is 5.91 Å². The zero-order chi connectivity index (χ0) is 12.7. The van der Waals surface area contributed by atoms with Crippen LogP contribution in [0, 0.1) is 6.92 Å². The van der Waals surface area contributed by atoms with Crippen LogP contribution >= 0.6 is 0 Å². The monoisotopic (exact) mass is 236 g/mol. The molecule has 1 fully saturated rings. The molecule has 1 amide bonds.